The number of anilines is 2. The van der Waals surface area contributed by atoms with Crippen LogP contribution in [0.4, 0.5) is 20.2 Å². The molecule has 150 valence electrons. The Bertz CT molecular complexity index is 674. The first-order valence-corrected chi connectivity index (χ1v) is 8.55. The van der Waals surface area contributed by atoms with Gasteiger partial charge in [-0.25, -0.2) is 0 Å². The molecular formula is C17H24F2N4O4. The van der Waals surface area contributed by atoms with E-state index >= 15 is 0 Å². The second kappa shape index (κ2) is 9.58. The number of halogens is 2. The number of ether oxygens (including phenoxy) is 2. The normalized spacial score (nSPS) is 16.0. The van der Waals surface area contributed by atoms with Gasteiger partial charge in [-0.1, -0.05) is 6.92 Å². The minimum absolute atomic E-state index is 0.108. The molecule has 0 saturated carbocycles. The summed E-state index contributed by atoms with van der Waals surface area (Å²) in [4.78, 5) is 27.5. The molecule has 1 saturated heterocycles. The molecule has 0 aliphatic carbocycles. The van der Waals surface area contributed by atoms with Crippen LogP contribution in [-0.2, 0) is 14.3 Å². The van der Waals surface area contributed by atoms with Crippen molar-refractivity contribution in [2.75, 3.05) is 50.1 Å². The van der Waals surface area contributed by atoms with Gasteiger partial charge in [0.1, 0.15) is 12.6 Å². The van der Waals surface area contributed by atoms with E-state index in [1.807, 2.05) is 6.92 Å². The molecule has 10 heteroatoms. The van der Waals surface area contributed by atoms with Gasteiger partial charge < -0.3 is 25.4 Å². The van der Waals surface area contributed by atoms with Crippen LogP contribution in [0.5, 0.6) is 5.75 Å². The van der Waals surface area contributed by atoms with Gasteiger partial charge in [0.2, 0.25) is 5.91 Å². The largest absolute Gasteiger partial charge is 0.433 e. The van der Waals surface area contributed by atoms with E-state index in [2.05, 4.69) is 10.1 Å². The Kier molecular flexibility index (Phi) is 7.45. The molecular weight excluding hydrogens is 362 g/mol. The summed E-state index contributed by atoms with van der Waals surface area (Å²) in [6.07, 6.45) is 0. The fourth-order valence-corrected chi connectivity index (χ4v) is 2.71. The second-order valence-corrected chi connectivity index (χ2v) is 5.97. The number of amides is 2. The molecule has 1 aliphatic heterocycles. The van der Waals surface area contributed by atoms with E-state index in [0.29, 0.717) is 13.2 Å². The van der Waals surface area contributed by atoms with Crippen LogP contribution in [0.2, 0.25) is 0 Å². The number of nitrogens with zero attached hydrogens (tertiary/aromatic N) is 2. The molecule has 0 bridgehead atoms. The van der Waals surface area contributed by atoms with Gasteiger partial charge in [0.05, 0.1) is 12.3 Å². The molecule has 27 heavy (non-hydrogen) atoms. The fraction of sp³-hybridized carbons (Fsp3) is 0.529. The summed E-state index contributed by atoms with van der Waals surface area (Å²) in [5, 5.41) is 2.65. The molecule has 1 aromatic carbocycles. The quantitative estimate of drug-likeness (QED) is 0.688. The van der Waals surface area contributed by atoms with Crippen LogP contribution >= 0.6 is 0 Å². The van der Waals surface area contributed by atoms with E-state index < -0.39 is 12.7 Å². The van der Waals surface area contributed by atoms with Crippen molar-refractivity contribution in [3.05, 3.63) is 18.2 Å². The van der Waals surface area contributed by atoms with Crippen molar-refractivity contribution < 1.29 is 27.8 Å². The minimum atomic E-state index is -3.08. The molecule has 1 fully saturated rings. The number of nitrogens with two attached hydrogens (primary N) is 1. The highest BCUT2D eigenvalue weighted by molar-refractivity contribution is 5.98. The van der Waals surface area contributed by atoms with Crippen LogP contribution in [0.15, 0.2) is 18.2 Å². The topological polar surface area (TPSA) is 97.1 Å². The molecule has 0 unspecified atom stereocenters. The predicted octanol–water partition coefficient (Wildman–Crippen LogP) is 0.869. The monoisotopic (exact) mass is 386 g/mol. The molecule has 0 spiro atoms. The minimum Gasteiger partial charge on any atom is -0.433 e. The lowest BCUT2D eigenvalue weighted by Crippen LogP contribution is -2.46. The van der Waals surface area contributed by atoms with Crippen LogP contribution in [0.25, 0.3) is 0 Å². The molecule has 8 nitrogen and oxygen atoms in total. The van der Waals surface area contributed by atoms with Gasteiger partial charge in [-0.05, 0) is 25.7 Å². The zero-order valence-electron chi connectivity index (χ0n) is 15.3. The SMILES string of the molecule is CCN(C)[C@H](CN)C(=O)Nc1ccc(N2CCOCC2=O)c(OC(F)F)c1. The van der Waals surface area contributed by atoms with Crippen molar-refractivity contribution in [3.8, 4) is 5.75 Å². The Labute approximate surface area is 156 Å². The molecule has 2 amide bonds. The number of likely N-dealkylation sites (N-methyl/N-ethyl adjacent to an activating group) is 1. The Morgan fingerprint density at radius 1 is 1.48 bits per heavy atom. The van der Waals surface area contributed by atoms with Gasteiger partial charge >= 0.3 is 6.61 Å². The number of benzene rings is 1. The second-order valence-electron chi connectivity index (χ2n) is 5.97. The highest BCUT2D eigenvalue weighted by Crippen LogP contribution is 2.33. The summed E-state index contributed by atoms with van der Waals surface area (Å²) in [5.74, 6) is -0.920. The van der Waals surface area contributed by atoms with E-state index in [-0.39, 0.29) is 48.6 Å². The number of carbonyl (C=O) groups is 2. The standard InChI is InChI=1S/C17H24F2N4O4/c1-3-22(2)13(9-20)16(25)21-11-4-5-12(14(8-11)27-17(18)19)23-6-7-26-10-15(23)24/h4-5,8,13,17H,3,6-7,9-10,20H2,1-2H3,(H,21,25)/t13-/m1/s1. The lowest BCUT2D eigenvalue weighted by Gasteiger charge is -2.29. The predicted molar refractivity (Wildman–Crippen MR) is 96.0 cm³/mol. The van der Waals surface area contributed by atoms with E-state index in [0.717, 1.165) is 0 Å². The maximum Gasteiger partial charge on any atom is 0.387 e. The number of hydrogen-bond donors (Lipinski definition) is 2. The third-order valence-corrected chi connectivity index (χ3v) is 4.28. The molecule has 1 heterocycles. The average Bonchev–Trinajstić information content (AvgIpc) is 2.62. The van der Waals surface area contributed by atoms with E-state index in [9.17, 15) is 18.4 Å². The Morgan fingerprint density at radius 2 is 2.22 bits per heavy atom. The van der Waals surface area contributed by atoms with E-state index in [1.165, 1.54) is 23.1 Å². The van der Waals surface area contributed by atoms with Crippen LogP contribution in [0, 0.1) is 0 Å². The number of carbonyl (C=O) groups excluding carboxylic acids is 2. The van der Waals surface area contributed by atoms with Crippen molar-refractivity contribution in [1.82, 2.24) is 4.90 Å². The lowest BCUT2D eigenvalue weighted by molar-refractivity contribution is -0.126. The molecule has 0 radical (unpaired) electrons. The van der Waals surface area contributed by atoms with Crippen LogP contribution in [0.1, 0.15) is 6.92 Å². The Hall–Kier alpha value is -2.30. The highest BCUT2D eigenvalue weighted by atomic mass is 19.3. The van der Waals surface area contributed by atoms with Gasteiger partial charge in [-0.15, -0.1) is 0 Å². The van der Waals surface area contributed by atoms with Crippen molar-refractivity contribution in [2.45, 2.75) is 19.6 Å². The molecule has 1 atom stereocenters. The number of hydrogen-bond acceptors (Lipinski definition) is 6. The summed E-state index contributed by atoms with van der Waals surface area (Å²) in [7, 11) is 1.76. The van der Waals surface area contributed by atoms with E-state index in [1.54, 1.807) is 11.9 Å². The highest BCUT2D eigenvalue weighted by Gasteiger charge is 2.26. The number of nitrogens with one attached hydrogen (secondary N) is 1. The first-order chi connectivity index (χ1) is 12.9. The van der Waals surface area contributed by atoms with Gasteiger partial charge in [-0.2, -0.15) is 8.78 Å². The smallest absolute Gasteiger partial charge is 0.387 e. The molecule has 2 rings (SSSR count). The molecule has 1 aliphatic rings. The first-order valence-electron chi connectivity index (χ1n) is 8.55. The fourth-order valence-electron chi connectivity index (χ4n) is 2.71. The Balaban J connectivity index is 2.26. The van der Waals surface area contributed by atoms with Crippen molar-refractivity contribution in [3.63, 3.8) is 0 Å². The first kappa shape index (κ1) is 21.0. The van der Waals surface area contributed by atoms with Crippen molar-refractivity contribution in [1.29, 1.82) is 0 Å². The molecule has 1 aromatic rings. The van der Waals surface area contributed by atoms with Crippen LogP contribution < -0.4 is 20.7 Å². The summed E-state index contributed by atoms with van der Waals surface area (Å²) in [6, 6.07) is 3.68. The van der Waals surface area contributed by atoms with Crippen molar-refractivity contribution >= 4 is 23.2 Å². The zero-order valence-corrected chi connectivity index (χ0v) is 15.3. The maximum atomic E-state index is 12.8. The van der Waals surface area contributed by atoms with Gasteiger partial charge in [0, 0.05) is 24.8 Å². The summed E-state index contributed by atoms with van der Waals surface area (Å²) >= 11 is 0. The molecule has 3 N–H and O–H groups in total. The third-order valence-electron chi connectivity index (χ3n) is 4.28. The van der Waals surface area contributed by atoms with Crippen LogP contribution in [-0.4, -0.2) is 69.3 Å². The summed E-state index contributed by atoms with van der Waals surface area (Å²) < 4.78 is 35.3. The zero-order chi connectivity index (χ0) is 20.0. The van der Waals surface area contributed by atoms with Gasteiger partial charge in [0.15, 0.2) is 5.75 Å². The van der Waals surface area contributed by atoms with Gasteiger partial charge in [-0.3, -0.25) is 14.5 Å². The van der Waals surface area contributed by atoms with Gasteiger partial charge in [0.25, 0.3) is 5.91 Å². The van der Waals surface area contributed by atoms with E-state index in [4.69, 9.17) is 10.5 Å². The molecule has 0 aromatic heterocycles. The Morgan fingerprint density at radius 3 is 2.81 bits per heavy atom. The van der Waals surface area contributed by atoms with Crippen molar-refractivity contribution in [2.24, 2.45) is 5.73 Å². The number of rotatable bonds is 8. The summed E-state index contributed by atoms with van der Waals surface area (Å²) in [6.45, 7) is -0.0777. The van der Waals surface area contributed by atoms with Crippen LogP contribution in [0.3, 0.4) is 0 Å². The lowest BCUT2D eigenvalue weighted by atomic mass is 10.2. The number of alkyl halides is 2. The maximum absolute atomic E-state index is 12.8. The number of morpholine rings is 1. The third kappa shape index (κ3) is 5.34. The summed E-state index contributed by atoms with van der Waals surface area (Å²) in [5.41, 5.74) is 6.12. The average molecular weight is 386 g/mol.